The number of hydrogen-bond acceptors (Lipinski definition) is 2. The Morgan fingerprint density at radius 1 is 1.15 bits per heavy atom. The zero-order valence-electron chi connectivity index (χ0n) is 11.7. The van der Waals surface area contributed by atoms with Crippen molar-refractivity contribution in [3.8, 4) is 17.2 Å². The monoisotopic (exact) mass is 269 g/mol. The molecule has 0 saturated carbocycles. The highest BCUT2D eigenvalue weighted by Gasteiger charge is 2.33. The van der Waals surface area contributed by atoms with E-state index < -0.39 is 0 Å². The lowest BCUT2D eigenvalue weighted by atomic mass is 10.1. The summed E-state index contributed by atoms with van der Waals surface area (Å²) >= 11 is 0. The summed E-state index contributed by atoms with van der Waals surface area (Å²) in [5.41, 5.74) is 4.94. The third-order valence-corrected chi connectivity index (χ3v) is 4.08. The van der Waals surface area contributed by atoms with Crippen LogP contribution in [0.3, 0.4) is 0 Å². The number of hydrogen-bond donors (Lipinski definition) is 0. The van der Waals surface area contributed by atoms with Crippen molar-refractivity contribution in [2.45, 2.75) is 13.8 Å². The van der Waals surface area contributed by atoms with Crippen LogP contribution < -0.4 is 9.47 Å². The maximum Gasteiger partial charge on any atom is 0.233 e. The van der Waals surface area contributed by atoms with Crippen LogP contribution in [0.4, 0.5) is 0 Å². The van der Waals surface area contributed by atoms with Crippen molar-refractivity contribution in [3.63, 3.8) is 0 Å². The fraction of sp³-hybridized carbons (Fsp3) is 0.312. The second-order valence-electron chi connectivity index (χ2n) is 5.01. The van der Waals surface area contributed by atoms with Crippen molar-refractivity contribution >= 4 is 5.71 Å². The fourth-order valence-corrected chi connectivity index (χ4v) is 3.11. The molecule has 2 aliphatic rings. The minimum absolute atomic E-state index is 0.317. The maximum absolute atomic E-state index is 5.53. The molecule has 0 N–H and O–H groups in total. The predicted octanol–water partition coefficient (Wildman–Crippen LogP) is 2.41. The van der Waals surface area contributed by atoms with Gasteiger partial charge in [-0.15, -0.1) is 0 Å². The van der Waals surface area contributed by atoms with Crippen LogP contribution in [0.5, 0.6) is 11.5 Å². The first-order valence-corrected chi connectivity index (χ1v) is 7.07. The topological polar surface area (TPSA) is 26.4 Å². The second-order valence-corrected chi connectivity index (χ2v) is 5.01. The standard InChI is InChI=1S/C16H17N2O2/c1-3-17(4-2)16-11-8-14-15(20-10-19-14)9-13(11)18-7-5-6-12(16)18/h5-9H,3-4,10H2,1-2H3/q+1. The Hall–Kier alpha value is -2.23. The number of nitrogens with zero attached hydrogens (tertiary/aromatic N) is 2. The average molecular weight is 269 g/mol. The van der Waals surface area contributed by atoms with Gasteiger partial charge < -0.3 is 14.0 Å². The van der Waals surface area contributed by atoms with Gasteiger partial charge in [-0.3, -0.25) is 0 Å². The van der Waals surface area contributed by atoms with Gasteiger partial charge in [-0.05, 0) is 26.0 Å². The minimum atomic E-state index is 0.317. The average Bonchev–Trinajstić information content (AvgIpc) is 3.15. The Bertz CT molecular complexity index is 722. The molecule has 0 saturated heterocycles. The van der Waals surface area contributed by atoms with Gasteiger partial charge in [0.1, 0.15) is 18.8 Å². The van der Waals surface area contributed by atoms with Crippen molar-refractivity contribution in [2.75, 3.05) is 19.9 Å². The zero-order chi connectivity index (χ0) is 13.7. The van der Waals surface area contributed by atoms with Crippen LogP contribution in [0.15, 0.2) is 30.5 Å². The molecule has 1 aromatic heterocycles. The highest BCUT2D eigenvalue weighted by Crippen LogP contribution is 2.40. The number of rotatable bonds is 2. The van der Waals surface area contributed by atoms with E-state index in [1.165, 1.54) is 22.7 Å². The van der Waals surface area contributed by atoms with Gasteiger partial charge in [-0.1, -0.05) is 0 Å². The summed E-state index contributed by atoms with van der Waals surface area (Å²) in [5.74, 6) is 1.68. The SMILES string of the molecule is CC[N+](CC)=C1c2cc3c(cc2-n2cccc21)OCO3. The predicted molar refractivity (Wildman–Crippen MR) is 76.4 cm³/mol. The molecule has 1 aromatic carbocycles. The van der Waals surface area contributed by atoms with Gasteiger partial charge in [-0.2, -0.15) is 0 Å². The normalized spacial score (nSPS) is 14.4. The van der Waals surface area contributed by atoms with Gasteiger partial charge >= 0.3 is 0 Å². The lowest BCUT2D eigenvalue weighted by Gasteiger charge is -2.04. The molecule has 102 valence electrons. The summed E-state index contributed by atoms with van der Waals surface area (Å²) in [6, 6.07) is 8.45. The van der Waals surface area contributed by atoms with Crippen molar-refractivity contribution in [1.82, 2.24) is 4.57 Å². The van der Waals surface area contributed by atoms with Crippen LogP contribution in [0.2, 0.25) is 0 Å². The fourth-order valence-electron chi connectivity index (χ4n) is 3.11. The van der Waals surface area contributed by atoms with Crippen molar-refractivity contribution < 1.29 is 14.0 Å². The van der Waals surface area contributed by atoms with E-state index in [0.717, 1.165) is 24.6 Å². The lowest BCUT2D eigenvalue weighted by Crippen LogP contribution is -2.21. The zero-order valence-corrected chi connectivity index (χ0v) is 11.7. The molecule has 20 heavy (non-hydrogen) atoms. The summed E-state index contributed by atoms with van der Waals surface area (Å²) in [6.07, 6.45) is 2.10. The molecule has 4 nitrogen and oxygen atoms in total. The largest absolute Gasteiger partial charge is 0.454 e. The van der Waals surface area contributed by atoms with Crippen LogP contribution in [0.1, 0.15) is 25.1 Å². The molecule has 4 heteroatoms. The van der Waals surface area contributed by atoms with Gasteiger partial charge in [0.2, 0.25) is 12.5 Å². The Balaban J connectivity index is 2.04. The number of ether oxygens (including phenoxy) is 2. The maximum atomic E-state index is 5.53. The number of fused-ring (bicyclic) bond motifs is 4. The molecule has 0 amide bonds. The molecule has 2 aliphatic heterocycles. The summed E-state index contributed by atoms with van der Waals surface area (Å²) in [6.45, 7) is 6.68. The third-order valence-electron chi connectivity index (χ3n) is 4.08. The molecular formula is C16H17N2O2+. The van der Waals surface area contributed by atoms with E-state index >= 15 is 0 Å². The molecule has 4 rings (SSSR count). The van der Waals surface area contributed by atoms with Crippen molar-refractivity contribution in [2.24, 2.45) is 0 Å². The van der Waals surface area contributed by atoms with Crippen LogP contribution in [0.25, 0.3) is 5.69 Å². The number of benzene rings is 1. The van der Waals surface area contributed by atoms with Gasteiger partial charge in [0, 0.05) is 18.3 Å². The molecule has 0 aliphatic carbocycles. The first-order valence-electron chi connectivity index (χ1n) is 7.07. The Kier molecular flexibility index (Phi) is 2.39. The van der Waals surface area contributed by atoms with Crippen molar-refractivity contribution in [3.05, 3.63) is 41.7 Å². The van der Waals surface area contributed by atoms with E-state index in [2.05, 4.69) is 53.5 Å². The molecule has 0 radical (unpaired) electrons. The minimum Gasteiger partial charge on any atom is -0.454 e. The lowest BCUT2D eigenvalue weighted by molar-refractivity contribution is -0.519. The van der Waals surface area contributed by atoms with E-state index in [1.54, 1.807) is 0 Å². The molecule has 0 bridgehead atoms. The second kappa shape index (κ2) is 4.13. The van der Waals surface area contributed by atoms with E-state index in [1.807, 2.05) is 0 Å². The van der Waals surface area contributed by atoms with Gasteiger partial charge in [0.15, 0.2) is 11.5 Å². The molecular weight excluding hydrogens is 252 g/mol. The number of aromatic nitrogens is 1. The molecule has 0 unspecified atom stereocenters. The highest BCUT2D eigenvalue weighted by molar-refractivity contribution is 6.15. The van der Waals surface area contributed by atoms with Crippen LogP contribution >= 0.6 is 0 Å². The highest BCUT2D eigenvalue weighted by atomic mass is 16.7. The van der Waals surface area contributed by atoms with Gasteiger partial charge in [-0.25, -0.2) is 4.58 Å². The summed E-state index contributed by atoms with van der Waals surface area (Å²) in [7, 11) is 0. The van der Waals surface area contributed by atoms with Crippen molar-refractivity contribution in [1.29, 1.82) is 0 Å². The summed E-state index contributed by atoms with van der Waals surface area (Å²) in [5, 5.41) is 0. The van der Waals surface area contributed by atoms with E-state index in [-0.39, 0.29) is 0 Å². The van der Waals surface area contributed by atoms with Crippen LogP contribution in [0, 0.1) is 0 Å². The van der Waals surface area contributed by atoms with Crippen LogP contribution in [-0.4, -0.2) is 34.7 Å². The molecule has 2 aromatic rings. The van der Waals surface area contributed by atoms with E-state index in [4.69, 9.17) is 9.47 Å². The Morgan fingerprint density at radius 2 is 1.90 bits per heavy atom. The summed E-state index contributed by atoms with van der Waals surface area (Å²) < 4.78 is 15.7. The molecule has 0 spiro atoms. The van der Waals surface area contributed by atoms with E-state index in [9.17, 15) is 0 Å². The molecule has 0 fully saturated rings. The summed E-state index contributed by atoms with van der Waals surface area (Å²) in [4.78, 5) is 0. The third kappa shape index (κ3) is 1.39. The van der Waals surface area contributed by atoms with E-state index in [0.29, 0.717) is 6.79 Å². The van der Waals surface area contributed by atoms with Gasteiger partial charge in [0.25, 0.3) is 0 Å². The van der Waals surface area contributed by atoms with Crippen LogP contribution in [-0.2, 0) is 0 Å². The first kappa shape index (κ1) is 11.6. The Morgan fingerprint density at radius 3 is 2.65 bits per heavy atom. The molecule has 3 heterocycles. The van der Waals surface area contributed by atoms with Gasteiger partial charge in [0.05, 0.1) is 11.3 Å². The smallest absolute Gasteiger partial charge is 0.233 e. The Labute approximate surface area is 117 Å². The first-order chi connectivity index (χ1) is 9.83. The quantitative estimate of drug-likeness (QED) is 0.668. The molecule has 0 atom stereocenters.